The van der Waals surface area contributed by atoms with E-state index >= 15 is 0 Å². The number of aryl methyl sites for hydroxylation is 1. The molecule has 0 saturated carbocycles. The highest BCUT2D eigenvalue weighted by Gasteiger charge is 2.05. The van der Waals surface area contributed by atoms with E-state index in [1.165, 1.54) is 0 Å². The third kappa shape index (κ3) is 3.67. The van der Waals surface area contributed by atoms with Crippen LogP contribution in [0, 0.1) is 6.92 Å². The Kier molecular flexibility index (Phi) is 4.70. The fraction of sp³-hybridized carbons (Fsp3) is 0.188. The number of anilines is 1. The Hall–Kier alpha value is -2.20. The van der Waals surface area contributed by atoms with E-state index < -0.39 is 5.91 Å². The Bertz CT molecular complexity index is 671. The molecule has 0 spiro atoms. The van der Waals surface area contributed by atoms with Crippen molar-refractivity contribution in [3.05, 3.63) is 58.1 Å². The molecule has 21 heavy (non-hydrogen) atoms. The maximum absolute atomic E-state index is 11.1. The third-order valence-electron chi connectivity index (χ3n) is 3.26. The number of halogens is 1. The van der Waals surface area contributed by atoms with Gasteiger partial charge in [0.2, 0.25) is 5.91 Å². The SMILES string of the molecule is COc1cc(NCc2ccc(C(N)=O)cc2C)ccc1Cl. The first-order valence-electron chi connectivity index (χ1n) is 6.48. The van der Waals surface area contributed by atoms with Crippen LogP contribution in [0.5, 0.6) is 5.75 Å². The molecule has 0 aliphatic heterocycles. The lowest BCUT2D eigenvalue weighted by atomic mass is 10.0. The molecule has 3 N–H and O–H groups in total. The molecule has 0 fully saturated rings. The van der Waals surface area contributed by atoms with Crippen LogP contribution >= 0.6 is 11.6 Å². The van der Waals surface area contributed by atoms with Gasteiger partial charge in [-0.3, -0.25) is 4.79 Å². The lowest BCUT2D eigenvalue weighted by Gasteiger charge is -2.11. The van der Waals surface area contributed by atoms with E-state index in [2.05, 4.69) is 5.32 Å². The van der Waals surface area contributed by atoms with Gasteiger partial charge in [0.15, 0.2) is 0 Å². The Labute approximate surface area is 128 Å². The molecule has 5 heteroatoms. The lowest BCUT2D eigenvalue weighted by molar-refractivity contribution is 0.1000. The summed E-state index contributed by atoms with van der Waals surface area (Å²) in [4.78, 5) is 11.1. The summed E-state index contributed by atoms with van der Waals surface area (Å²) in [6, 6.07) is 10.9. The van der Waals surface area contributed by atoms with Gasteiger partial charge < -0.3 is 15.8 Å². The quantitative estimate of drug-likeness (QED) is 0.890. The van der Waals surface area contributed by atoms with E-state index in [4.69, 9.17) is 22.1 Å². The maximum Gasteiger partial charge on any atom is 0.248 e. The average Bonchev–Trinajstić information content (AvgIpc) is 2.47. The van der Waals surface area contributed by atoms with Crippen molar-refractivity contribution in [2.45, 2.75) is 13.5 Å². The van der Waals surface area contributed by atoms with Crippen molar-refractivity contribution in [1.29, 1.82) is 0 Å². The number of hydrogen-bond acceptors (Lipinski definition) is 3. The van der Waals surface area contributed by atoms with Crippen molar-refractivity contribution < 1.29 is 9.53 Å². The second-order valence-electron chi connectivity index (χ2n) is 4.71. The van der Waals surface area contributed by atoms with Gasteiger partial charge in [-0.25, -0.2) is 0 Å². The predicted octanol–water partition coefficient (Wildman–Crippen LogP) is 3.37. The number of carbonyl (C=O) groups is 1. The minimum Gasteiger partial charge on any atom is -0.495 e. The van der Waals surface area contributed by atoms with Gasteiger partial charge in [0.05, 0.1) is 12.1 Å². The molecule has 0 aliphatic rings. The van der Waals surface area contributed by atoms with Gasteiger partial charge >= 0.3 is 0 Å². The molecule has 1 amide bonds. The molecule has 0 saturated heterocycles. The van der Waals surface area contributed by atoms with Gasteiger partial charge in [0, 0.05) is 23.9 Å². The number of carbonyl (C=O) groups excluding carboxylic acids is 1. The first kappa shape index (κ1) is 15.2. The maximum atomic E-state index is 11.1. The van der Waals surface area contributed by atoms with Gasteiger partial charge in [-0.05, 0) is 42.3 Å². The van der Waals surface area contributed by atoms with E-state index in [1.807, 2.05) is 25.1 Å². The van der Waals surface area contributed by atoms with Gasteiger partial charge in [0.1, 0.15) is 5.75 Å². The van der Waals surface area contributed by atoms with Crippen LogP contribution in [0.15, 0.2) is 36.4 Å². The average molecular weight is 305 g/mol. The molecule has 0 aliphatic carbocycles. The number of benzene rings is 2. The fourth-order valence-corrected chi connectivity index (χ4v) is 2.21. The van der Waals surface area contributed by atoms with Gasteiger partial charge in [-0.1, -0.05) is 17.7 Å². The summed E-state index contributed by atoms with van der Waals surface area (Å²) in [5.41, 5.74) is 8.80. The van der Waals surface area contributed by atoms with E-state index in [1.54, 1.807) is 25.3 Å². The van der Waals surface area contributed by atoms with Crippen molar-refractivity contribution in [3.63, 3.8) is 0 Å². The van der Waals surface area contributed by atoms with E-state index in [-0.39, 0.29) is 0 Å². The molecule has 0 atom stereocenters. The molecule has 0 heterocycles. The van der Waals surface area contributed by atoms with Crippen LogP contribution in [0.2, 0.25) is 5.02 Å². The zero-order chi connectivity index (χ0) is 15.4. The van der Waals surface area contributed by atoms with Crippen LogP contribution < -0.4 is 15.8 Å². The highest BCUT2D eigenvalue weighted by Crippen LogP contribution is 2.27. The van der Waals surface area contributed by atoms with Gasteiger partial charge in [-0.15, -0.1) is 0 Å². The Balaban J connectivity index is 2.11. The number of primary amides is 1. The van der Waals surface area contributed by atoms with Crippen LogP contribution in [0.1, 0.15) is 21.5 Å². The predicted molar refractivity (Wildman–Crippen MR) is 85.0 cm³/mol. The Morgan fingerprint density at radius 3 is 2.67 bits per heavy atom. The molecule has 0 radical (unpaired) electrons. The molecule has 0 aromatic heterocycles. The Morgan fingerprint density at radius 1 is 1.29 bits per heavy atom. The number of methoxy groups -OCH3 is 1. The van der Waals surface area contributed by atoms with Crippen molar-refractivity contribution in [2.75, 3.05) is 12.4 Å². The van der Waals surface area contributed by atoms with Crippen LogP contribution in [0.3, 0.4) is 0 Å². The number of hydrogen-bond donors (Lipinski definition) is 2. The van der Waals surface area contributed by atoms with E-state index in [9.17, 15) is 4.79 Å². The molecule has 0 bridgehead atoms. The van der Waals surface area contributed by atoms with Crippen molar-refractivity contribution in [3.8, 4) is 5.75 Å². The summed E-state index contributed by atoms with van der Waals surface area (Å²) in [7, 11) is 1.58. The summed E-state index contributed by atoms with van der Waals surface area (Å²) in [5.74, 6) is 0.211. The molecule has 4 nitrogen and oxygen atoms in total. The highest BCUT2D eigenvalue weighted by atomic mass is 35.5. The largest absolute Gasteiger partial charge is 0.495 e. The highest BCUT2D eigenvalue weighted by molar-refractivity contribution is 6.32. The molecule has 2 aromatic carbocycles. The zero-order valence-electron chi connectivity index (χ0n) is 11.9. The molecule has 2 aromatic rings. The summed E-state index contributed by atoms with van der Waals surface area (Å²) >= 11 is 5.99. The molecule has 0 unspecified atom stereocenters. The smallest absolute Gasteiger partial charge is 0.248 e. The zero-order valence-corrected chi connectivity index (χ0v) is 12.7. The molecule has 2 rings (SSSR count). The minimum absolute atomic E-state index is 0.417. The normalized spacial score (nSPS) is 10.2. The number of rotatable bonds is 5. The van der Waals surface area contributed by atoms with Crippen molar-refractivity contribution in [2.24, 2.45) is 5.73 Å². The molecular weight excluding hydrogens is 288 g/mol. The van der Waals surface area contributed by atoms with Gasteiger partial charge in [-0.2, -0.15) is 0 Å². The second kappa shape index (κ2) is 6.50. The van der Waals surface area contributed by atoms with Crippen LogP contribution in [0.4, 0.5) is 5.69 Å². The standard InChI is InChI=1S/C16H17ClN2O2/c1-10-7-11(16(18)20)3-4-12(10)9-19-13-5-6-14(17)15(8-13)21-2/h3-8,19H,9H2,1-2H3,(H2,18,20). The van der Waals surface area contributed by atoms with Crippen molar-refractivity contribution >= 4 is 23.2 Å². The van der Waals surface area contributed by atoms with Crippen LogP contribution in [-0.2, 0) is 6.54 Å². The Morgan fingerprint density at radius 2 is 2.05 bits per heavy atom. The van der Waals surface area contributed by atoms with Gasteiger partial charge in [0.25, 0.3) is 0 Å². The summed E-state index contributed by atoms with van der Waals surface area (Å²) in [5, 5.41) is 3.87. The lowest BCUT2D eigenvalue weighted by Crippen LogP contribution is -2.11. The second-order valence-corrected chi connectivity index (χ2v) is 5.12. The van der Waals surface area contributed by atoms with E-state index in [0.29, 0.717) is 22.9 Å². The fourth-order valence-electron chi connectivity index (χ4n) is 2.01. The summed E-state index contributed by atoms with van der Waals surface area (Å²) < 4.78 is 5.18. The minimum atomic E-state index is -0.417. The first-order valence-corrected chi connectivity index (χ1v) is 6.86. The monoisotopic (exact) mass is 304 g/mol. The summed E-state index contributed by atoms with van der Waals surface area (Å²) in [6.07, 6.45) is 0. The number of nitrogens with one attached hydrogen (secondary N) is 1. The number of nitrogens with two attached hydrogens (primary N) is 1. The third-order valence-corrected chi connectivity index (χ3v) is 3.57. The van der Waals surface area contributed by atoms with Crippen molar-refractivity contribution in [1.82, 2.24) is 0 Å². The summed E-state index contributed by atoms with van der Waals surface area (Å²) in [6.45, 7) is 2.58. The van der Waals surface area contributed by atoms with E-state index in [0.717, 1.165) is 16.8 Å². The number of amides is 1. The molecule has 110 valence electrons. The van der Waals surface area contributed by atoms with Crippen LogP contribution in [-0.4, -0.2) is 13.0 Å². The first-order chi connectivity index (χ1) is 10.0. The molecular formula is C16H17ClN2O2. The topological polar surface area (TPSA) is 64.3 Å². The van der Waals surface area contributed by atoms with Crippen LogP contribution in [0.25, 0.3) is 0 Å². The number of ether oxygens (including phenoxy) is 1.